The van der Waals surface area contributed by atoms with Crippen LogP contribution < -0.4 is 5.32 Å². The first-order valence-electron chi connectivity index (χ1n) is 8.52. The van der Waals surface area contributed by atoms with E-state index in [0.717, 1.165) is 10.5 Å². The molecule has 2 unspecified atom stereocenters. The summed E-state index contributed by atoms with van der Waals surface area (Å²) in [4.78, 5) is 38.6. The molecule has 0 fully saturated rings. The van der Waals surface area contributed by atoms with Gasteiger partial charge in [-0.1, -0.05) is 30.3 Å². The van der Waals surface area contributed by atoms with Crippen molar-refractivity contribution in [2.75, 3.05) is 12.4 Å². The van der Waals surface area contributed by atoms with Gasteiger partial charge < -0.3 is 15.3 Å². The molecular weight excluding hydrogens is 364 g/mol. The van der Waals surface area contributed by atoms with Crippen molar-refractivity contribution in [2.24, 2.45) is 0 Å². The summed E-state index contributed by atoms with van der Waals surface area (Å²) in [6.45, 7) is 1.82. The molecule has 1 heterocycles. The van der Waals surface area contributed by atoms with Gasteiger partial charge in [-0.05, 0) is 30.7 Å². The molecule has 2 amide bonds. The molecule has 2 N–H and O–H groups in total. The number of thioether (sulfide) groups is 1. The molecule has 140 valence electrons. The number of nitrogens with one attached hydrogen (secondary N) is 1. The van der Waals surface area contributed by atoms with Gasteiger partial charge in [0.25, 0.3) is 5.91 Å². The highest BCUT2D eigenvalue weighted by atomic mass is 32.2. The zero-order valence-corrected chi connectivity index (χ0v) is 15.8. The van der Waals surface area contributed by atoms with E-state index in [0.29, 0.717) is 11.3 Å². The standard InChI is InChI=1S/C20H20N2O4S/c1-12-18(23)21-15-11-14(8-9-17(15)27-12)19(24)22(2)16(20(25)26)10-13-6-4-3-5-7-13/h3-9,11-12,16H,10H2,1-2H3,(H,21,23)(H,25,26). The summed E-state index contributed by atoms with van der Waals surface area (Å²) in [5.41, 5.74) is 1.76. The summed E-state index contributed by atoms with van der Waals surface area (Å²) in [5, 5.41) is 12.2. The van der Waals surface area contributed by atoms with Crippen LogP contribution in [-0.4, -0.2) is 46.1 Å². The summed E-state index contributed by atoms with van der Waals surface area (Å²) < 4.78 is 0. The minimum absolute atomic E-state index is 0.113. The Morgan fingerprint density at radius 3 is 2.59 bits per heavy atom. The topological polar surface area (TPSA) is 86.7 Å². The summed E-state index contributed by atoms with van der Waals surface area (Å²) in [5.74, 6) is -1.58. The van der Waals surface area contributed by atoms with E-state index in [-0.39, 0.29) is 17.6 Å². The second kappa shape index (κ2) is 7.84. The van der Waals surface area contributed by atoms with E-state index in [9.17, 15) is 19.5 Å². The van der Waals surface area contributed by atoms with Gasteiger partial charge >= 0.3 is 5.97 Å². The van der Waals surface area contributed by atoms with Crippen LogP contribution in [0.25, 0.3) is 0 Å². The maximum Gasteiger partial charge on any atom is 0.326 e. The van der Waals surface area contributed by atoms with Gasteiger partial charge in [0.15, 0.2) is 0 Å². The lowest BCUT2D eigenvalue weighted by Gasteiger charge is -2.26. The highest BCUT2D eigenvalue weighted by molar-refractivity contribution is 8.00. The predicted molar refractivity (Wildman–Crippen MR) is 104 cm³/mol. The lowest BCUT2D eigenvalue weighted by Crippen LogP contribution is -2.43. The molecular formula is C20H20N2O4S. The van der Waals surface area contributed by atoms with Gasteiger partial charge in [0.1, 0.15) is 6.04 Å². The number of aliphatic carboxylic acids is 1. The van der Waals surface area contributed by atoms with Gasteiger partial charge in [0, 0.05) is 23.9 Å². The average molecular weight is 384 g/mol. The van der Waals surface area contributed by atoms with E-state index in [1.54, 1.807) is 18.2 Å². The van der Waals surface area contributed by atoms with E-state index in [4.69, 9.17) is 0 Å². The first kappa shape index (κ1) is 19.0. The molecule has 27 heavy (non-hydrogen) atoms. The van der Waals surface area contributed by atoms with Crippen molar-refractivity contribution in [2.45, 2.75) is 29.5 Å². The molecule has 1 aliphatic heterocycles. The average Bonchev–Trinajstić information content (AvgIpc) is 2.66. The third kappa shape index (κ3) is 4.14. The molecule has 0 saturated carbocycles. The summed E-state index contributed by atoms with van der Waals surface area (Å²) >= 11 is 1.43. The zero-order chi connectivity index (χ0) is 19.6. The van der Waals surface area contributed by atoms with Gasteiger partial charge in [0.05, 0.1) is 10.9 Å². The van der Waals surface area contributed by atoms with Crippen molar-refractivity contribution in [3.8, 4) is 0 Å². The van der Waals surface area contributed by atoms with Crippen LogP contribution in [0.3, 0.4) is 0 Å². The van der Waals surface area contributed by atoms with E-state index >= 15 is 0 Å². The van der Waals surface area contributed by atoms with Crippen molar-refractivity contribution < 1.29 is 19.5 Å². The van der Waals surface area contributed by atoms with Crippen LogP contribution in [0.2, 0.25) is 0 Å². The molecule has 0 saturated heterocycles. The number of benzene rings is 2. The first-order chi connectivity index (χ1) is 12.9. The molecule has 2 atom stereocenters. The first-order valence-corrected chi connectivity index (χ1v) is 9.40. The zero-order valence-electron chi connectivity index (χ0n) is 15.0. The van der Waals surface area contributed by atoms with Crippen LogP contribution >= 0.6 is 11.8 Å². The van der Waals surface area contributed by atoms with E-state index in [1.165, 1.54) is 23.7 Å². The molecule has 0 aromatic heterocycles. The Morgan fingerprint density at radius 1 is 1.22 bits per heavy atom. The molecule has 1 aliphatic rings. The van der Waals surface area contributed by atoms with Gasteiger partial charge in [-0.15, -0.1) is 11.8 Å². The number of carbonyl (C=O) groups excluding carboxylic acids is 2. The second-order valence-electron chi connectivity index (χ2n) is 6.42. The van der Waals surface area contributed by atoms with Crippen molar-refractivity contribution >= 4 is 35.2 Å². The van der Waals surface area contributed by atoms with Gasteiger partial charge in [-0.25, -0.2) is 4.79 Å². The maximum absolute atomic E-state index is 12.9. The third-order valence-electron chi connectivity index (χ3n) is 4.50. The fourth-order valence-electron chi connectivity index (χ4n) is 2.91. The van der Waals surface area contributed by atoms with E-state index in [1.807, 2.05) is 37.3 Å². The van der Waals surface area contributed by atoms with Gasteiger partial charge in [-0.3, -0.25) is 9.59 Å². The maximum atomic E-state index is 12.9. The van der Waals surface area contributed by atoms with Crippen LogP contribution in [0.5, 0.6) is 0 Å². The molecule has 0 spiro atoms. The lowest BCUT2D eigenvalue weighted by atomic mass is 10.0. The Balaban J connectivity index is 1.82. The van der Waals surface area contributed by atoms with Crippen LogP contribution in [0, 0.1) is 0 Å². The van der Waals surface area contributed by atoms with Crippen LogP contribution in [0.1, 0.15) is 22.8 Å². The molecule has 7 heteroatoms. The SMILES string of the molecule is CC1Sc2ccc(C(=O)N(C)C(Cc3ccccc3)C(=O)O)cc2NC1=O. The molecule has 3 rings (SSSR count). The Hall–Kier alpha value is -2.80. The van der Waals surface area contributed by atoms with Gasteiger partial charge in [-0.2, -0.15) is 0 Å². The van der Waals surface area contributed by atoms with Crippen LogP contribution in [0.15, 0.2) is 53.4 Å². The fraction of sp³-hybridized carbons (Fsp3) is 0.250. The third-order valence-corrected chi connectivity index (χ3v) is 5.68. The minimum Gasteiger partial charge on any atom is -0.480 e. The van der Waals surface area contributed by atoms with Crippen molar-refractivity contribution in [1.82, 2.24) is 4.90 Å². The normalized spacial score (nSPS) is 16.8. The number of hydrogen-bond acceptors (Lipinski definition) is 4. The number of anilines is 1. The largest absolute Gasteiger partial charge is 0.480 e. The lowest BCUT2D eigenvalue weighted by molar-refractivity contribution is -0.141. The number of carbonyl (C=O) groups is 3. The van der Waals surface area contributed by atoms with E-state index < -0.39 is 17.9 Å². The molecule has 0 radical (unpaired) electrons. The van der Waals surface area contributed by atoms with Crippen molar-refractivity contribution in [1.29, 1.82) is 0 Å². The predicted octanol–water partition coefficient (Wildman–Crippen LogP) is 2.89. The quantitative estimate of drug-likeness (QED) is 0.828. The Bertz CT molecular complexity index is 885. The minimum atomic E-state index is -1.06. The Morgan fingerprint density at radius 2 is 1.93 bits per heavy atom. The molecule has 0 aliphatic carbocycles. The monoisotopic (exact) mass is 384 g/mol. The summed E-state index contributed by atoms with van der Waals surface area (Å²) in [6, 6.07) is 13.3. The number of rotatable bonds is 5. The second-order valence-corrected chi connectivity index (χ2v) is 7.80. The Labute approximate surface area is 161 Å². The molecule has 0 bridgehead atoms. The number of amides is 2. The number of nitrogens with zero attached hydrogens (tertiary/aromatic N) is 1. The number of carboxylic acids is 1. The number of carboxylic acid groups (broad SMARTS) is 1. The number of fused-ring (bicyclic) bond motifs is 1. The summed E-state index contributed by atoms with van der Waals surface area (Å²) in [7, 11) is 1.49. The molecule has 2 aromatic rings. The Kier molecular flexibility index (Phi) is 5.51. The highest BCUT2D eigenvalue weighted by Gasteiger charge is 2.29. The summed E-state index contributed by atoms with van der Waals surface area (Å²) in [6.07, 6.45) is 0.216. The highest BCUT2D eigenvalue weighted by Crippen LogP contribution is 2.36. The van der Waals surface area contributed by atoms with Crippen molar-refractivity contribution in [3.05, 3.63) is 59.7 Å². The number of hydrogen-bond donors (Lipinski definition) is 2. The van der Waals surface area contributed by atoms with Gasteiger partial charge in [0.2, 0.25) is 5.91 Å². The van der Waals surface area contributed by atoms with Crippen LogP contribution in [-0.2, 0) is 16.0 Å². The molecule has 2 aromatic carbocycles. The number of likely N-dealkylation sites (N-methyl/N-ethyl adjacent to an activating group) is 1. The van der Waals surface area contributed by atoms with Crippen molar-refractivity contribution in [3.63, 3.8) is 0 Å². The van der Waals surface area contributed by atoms with E-state index in [2.05, 4.69) is 5.32 Å². The molecule has 6 nitrogen and oxygen atoms in total. The van der Waals surface area contributed by atoms with Crippen LogP contribution in [0.4, 0.5) is 5.69 Å². The fourth-order valence-corrected chi connectivity index (χ4v) is 3.84. The smallest absolute Gasteiger partial charge is 0.326 e.